The number of carbonyl (C=O) groups is 1. The molecule has 0 bridgehead atoms. The van der Waals surface area contributed by atoms with Crippen molar-refractivity contribution in [1.29, 1.82) is 0 Å². The molecule has 0 aromatic heterocycles. The van der Waals surface area contributed by atoms with Crippen molar-refractivity contribution >= 4 is 5.97 Å². The predicted octanol–water partition coefficient (Wildman–Crippen LogP) is 8.82. The number of aryl methyl sites for hydroxylation is 1. The molecule has 0 fully saturated rings. The normalized spacial score (nSPS) is 10.6. The highest BCUT2D eigenvalue weighted by Crippen LogP contribution is 2.16. The van der Waals surface area contributed by atoms with Crippen molar-refractivity contribution in [3.8, 4) is 0 Å². The van der Waals surface area contributed by atoms with Gasteiger partial charge in [0.25, 0.3) is 0 Å². The molecule has 1 N–H and O–H groups in total. The van der Waals surface area contributed by atoms with Gasteiger partial charge in [-0.1, -0.05) is 129 Å². The second-order valence-corrected chi connectivity index (χ2v) is 8.02. The van der Waals surface area contributed by atoms with E-state index in [4.69, 9.17) is 0 Å². The molecule has 1 aromatic rings. The van der Waals surface area contributed by atoms with Crippen LogP contribution in [0.5, 0.6) is 0 Å². The van der Waals surface area contributed by atoms with E-state index >= 15 is 0 Å². The van der Waals surface area contributed by atoms with Crippen molar-refractivity contribution < 1.29 is 9.90 Å². The summed E-state index contributed by atoms with van der Waals surface area (Å²) >= 11 is 0. The van der Waals surface area contributed by atoms with E-state index < -0.39 is 5.97 Å². The molecule has 1 rings (SSSR count). The van der Waals surface area contributed by atoms with Gasteiger partial charge in [0.15, 0.2) is 0 Å². The van der Waals surface area contributed by atoms with Gasteiger partial charge in [-0.25, -0.2) is 4.79 Å². The number of rotatable bonds is 18. The van der Waals surface area contributed by atoms with E-state index in [1.807, 2.05) is 12.1 Å². The quantitative estimate of drug-likeness (QED) is 0.254. The summed E-state index contributed by atoms with van der Waals surface area (Å²) in [6.07, 6.45) is 22.8. The molecular formula is C26H46O2. The Morgan fingerprint density at radius 1 is 0.679 bits per heavy atom. The Bertz CT molecular complexity index is 481. The van der Waals surface area contributed by atoms with Crippen molar-refractivity contribution in [2.45, 2.75) is 124 Å². The van der Waals surface area contributed by atoms with Gasteiger partial charge in [0.05, 0.1) is 5.56 Å². The van der Waals surface area contributed by atoms with Crippen LogP contribution in [-0.4, -0.2) is 11.1 Å². The van der Waals surface area contributed by atoms with Crippen LogP contribution in [0.2, 0.25) is 0 Å². The van der Waals surface area contributed by atoms with Crippen LogP contribution in [0.4, 0.5) is 0 Å². The summed E-state index contributed by atoms with van der Waals surface area (Å²) in [7, 11) is 0. The van der Waals surface area contributed by atoms with Gasteiger partial charge in [-0.2, -0.15) is 0 Å². The van der Waals surface area contributed by atoms with Gasteiger partial charge in [0.1, 0.15) is 0 Å². The lowest BCUT2D eigenvalue weighted by atomic mass is 10.00. The smallest absolute Gasteiger partial charge is 0.335 e. The third kappa shape index (κ3) is 13.8. The second-order valence-electron chi connectivity index (χ2n) is 8.02. The van der Waals surface area contributed by atoms with Crippen molar-refractivity contribution in [2.24, 2.45) is 0 Å². The standard InChI is InChI=1S/C25H42O2.CH4/c1-2-3-4-5-6-7-8-9-10-11-12-13-14-15-16-17-20-23-21-18-19-22-24(23)25(26)27;/h18-19,21-22H,2-17,20H2,1H3,(H,26,27);1H4. The molecule has 0 saturated heterocycles. The summed E-state index contributed by atoms with van der Waals surface area (Å²) in [5.41, 5.74) is 1.45. The molecule has 162 valence electrons. The summed E-state index contributed by atoms with van der Waals surface area (Å²) in [6, 6.07) is 7.41. The van der Waals surface area contributed by atoms with Crippen LogP contribution in [0.1, 0.15) is 133 Å². The summed E-state index contributed by atoms with van der Waals surface area (Å²) < 4.78 is 0. The fourth-order valence-corrected chi connectivity index (χ4v) is 3.81. The van der Waals surface area contributed by atoms with Crippen LogP contribution in [0.15, 0.2) is 24.3 Å². The van der Waals surface area contributed by atoms with Gasteiger partial charge in [-0.3, -0.25) is 0 Å². The number of hydrogen-bond acceptors (Lipinski definition) is 1. The fourth-order valence-electron chi connectivity index (χ4n) is 3.81. The summed E-state index contributed by atoms with van der Waals surface area (Å²) in [6.45, 7) is 2.28. The Labute approximate surface area is 175 Å². The highest BCUT2D eigenvalue weighted by Gasteiger charge is 2.07. The van der Waals surface area contributed by atoms with Crippen molar-refractivity contribution in [2.75, 3.05) is 0 Å². The zero-order valence-electron chi connectivity index (χ0n) is 17.7. The first-order chi connectivity index (χ1) is 13.3. The molecule has 0 spiro atoms. The Morgan fingerprint density at radius 2 is 1.07 bits per heavy atom. The van der Waals surface area contributed by atoms with E-state index in [0.717, 1.165) is 18.4 Å². The van der Waals surface area contributed by atoms with E-state index in [0.29, 0.717) is 5.56 Å². The van der Waals surface area contributed by atoms with Crippen molar-refractivity contribution in [3.63, 3.8) is 0 Å². The third-order valence-electron chi connectivity index (χ3n) is 5.55. The zero-order valence-corrected chi connectivity index (χ0v) is 17.7. The minimum atomic E-state index is -0.804. The second kappa shape index (κ2) is 19.0. The largest absolute Gasteiger partial charge is 0.478 e. The number of carboxylic acids is 1. The summed E-state index contributed by atoms with van der Waals surface area (Å²) in [5.74, 6) is -0.804. The van der Waals surface area contributed by atoms with Gasteiger partial charge in [0.2, 0.25) is 0 Å². The Morgan fingerprint density at radius 3 is 1.50 bits per heavy atom. The number of unbranched alkanes of at least 4 members (excludes halogenated alkanes) is 15. The molecule has 0 saturated carbocycles. The van der Waals surface area contributed by atoms with Crippen LogP contribution in [0.25, 0.3) is 0 Å². The maximum absolute atomic E-state index is 11.2. The highest BCUT2D eigenvalue weighted by molar-refractivity contribution is 5.89. The van der Waals surface area contributed by atoms with E-state index in [1.165, 1.54) is 96.3 Å². The predicted molar refractivity (Wildman–Crippen MR) is 123 cm³/mol. The molecule has 0 radical (unpaired) electrons. The molecule has 0 aliphatic rings. The molecule has 0 unspecified atom stereocenters. The van der Waals surface area contributed by atoms with E-state index in [-0.39, 0.29) is 7.43 Å². The minimum Gasteiger partial charge on any atom is -0.478 e. The number of aromatic carboxylic acids is 1. The Hall–Kier alpha value is -1.31. The van der Waals surface area contributed by atoms with Gasteiger partial charge < -0.3 is 5.11 Å². The van der Waals surface area contributed by atoms with Gasteiger partial charge in [-0.15, -0.1) is 0 Å². The van der Waals surface area contributed by atoms with Gasteiger partial charge >= 0.3 is 5.97 Å². The topological polar surface area (TPSA) is 37.3 Å². The Kier molecular flexibility index (Phi) is 18.1. The number of carboxylic acid groups (broad SMARTS) is 1. The molecule has 0 amide bonds. The van der Waals surface area contributed by atoms with Crippen LogP contribution in [-0.2, 0) is 6.42 Å². The monoisotopic (exact) mass is 390 g/mol. The zero-order chi connectivity index (χ0) is 19.6. The Balaban J connectivity index is 0.00000729. The van der Waals surface area contributed by atoms with Crippen LogP contribution in [0.3, 0.4) is 0 Å². The molecular weight excluding hydrogens is 344 g/mol. The minimum absolute atomic E-state index is 0. The molecule has 2 nitrogen and oxygen atoms in total. The lowest BCUT2D eigenvalue weighted by Crippen LogP contribution is -2.02. The average molecular weight is 391 g/mol. The molecule has 0 aliphatic carbocycles. The van der Waals surface area contributed by atoms with E-state index in [2.05, 4.69) is 6.92 Å². The molecule has 2 heteroatoms. The highest BCUT2D eigenvalue weighted by atomic mass is 16.4. The van der Waals surface area contributed by atoms with Crippen molar-refractivity contribution in [1.82, 2.24) is 0 Å². The molecule has 1 aromatic carbocycles. The average Bonchev–Trinajstić information content (AvgIpc) is 2.68. The first-order valence-electron chi connectivity index (χ1n) is 11.6. The summed E-state index contributed by atoms with van der Waals surface area (Å²) in [5, 5.41) is 9.20. The fraction of sp³-hybridized carbons (Fsp3) is 0.731. The number of benzene rings is 1. The van der Waals surface area contributed by atoms with Crippen molar-refractivity contribution in [3.05, 3.63) is 35.4 Å². The van der Waals surface area contributed by atoms with Gasteiger partial charge in [-0.05, 0) is 24.5 Å². The van der Waals surface area contributed by atoms with E-state index in [9.17, 15) is 9.90 Å². The lowest BCUT2D eigenvalue weighted by molar-refractivity contribution is 0.0695. The first-order valence-corrected chi connectivity index (χ1v) is 11.6. The van der Waals surface area contributed by atoms with Crippen LogP contribution < -0.4 is 0 Å². The van der Waals surface area contributed by atoms with Gasteiger partial charge in [0, 0.05) is 0 Å². The first kappa shape index (κ1) is 26.7. The lowest BCUT2D eigenvalue weighted by Gasteiger charge is -2.06. The SMILES string of the molecule is C.CCCCCCCCCCCCCCCCCCc1ccccc1C(=O)O. The van der Waals surface area contributed by atoms with E-state index in [1.54, 1.807) is 12.1 Å². The molecule has 28 heavy (non-hydrogen) atoms. The molecule has 0 aliphatic heterocycles. The molecule has 0 heterocycles. The molecule has 0 atom stereocenters. The van der Waals surface area contributed by atoms with Crippen LogP contribution in [0, 0.1) is 0 Å². The van der Waals surface area contributed by atoms with Crippen LogP contribution >= 0.6 is 0 Å². The number of hydrogen-bond donors (Lipinski definition) is 1. The maximum atomic E-state index is 11.2. The maximum Gasteiger partial charge on any atom is 0.335 e. The summed E-state index contributed by atoms with van der Waals surface area (Å²) in [4.78, 5) is 11.2. The third-order valence-corrected chi connectivity index (χ3v) is 5.55.